The first-order valence-corrected chi connectivity index (χ1v) is 9.32. The molecule has 1 aromatic carbocycles. The van der Waals surface area contributed by atoms with E-state index in [1.54, 1.807) is 27.7 Å². The van der Waals surface area contributed by atoms with Crippen LogP contribution >= 0.6 is 0 Å². The lowest BCUT2D eigenvalue weighted by Gasteiger charge is -2.29. The average molecular weight is 379 g/mol. The summed E-state index contributed by atoms with van der Waals surface area (Å²) in [5, 5.41) is 2.50. The highest BCUT2D eigenvalue weighted by Crippen LogP contribution is 2.20. The summed E-state index contributed by atoms with van der Waals surface area (Å²) in [6.45, 7) is 14.6. The van der Waals surface area contributed by atoms with Crippen molar-refractivity contribution in [3.8, 4) is 5.75 Å². The Morgan fingerprint density at radius 3 is 2.04 bits per heavy atom. The summed E-state index contributed by atoms with van der Waals surface area (Å²) in [6, 6.07) is 6.87. The summed E-state index contributed by atoms with van der Waals surface area (Å²) in [5.41, 5.74) is 0.508. The molecule has 6 heteroatoms. The fraction of sp³-hybridized carbons (Fsp3) is 0.619. The molecule has 0 aliphatic carbocycles. The first kappa shape index (κ1) is 22.8. The maximum Gasteiger partial charge on any atom is 0.408 e. The number of rotatable bonds is 7. The normalized spacial score (nSPS) is 14.9. The van der Waals surface area contributed by atoms with Gasteiger partial charge in [-0.2, -0.15) is 0 Å². The van der Waals surface area contributed by atoms with E-state index in [4.69, 9.17) is 14.2 Å². The van der Waals surface area contributed by atoms with Crippen molar-refractivity contribution in [3.05, 3.63) is 29.8 Å². The number of carbonyl (C=O) groups is 2. The van der Waals surface area contributed by atoms with Crippen LogP contribution in [0.25, 0.3) is 0 Å². The minimum absolute atomic E-state index is 0.0446. The molecule has 3 atom stereocenters. The van der Waals surface area contributed by atoms with Crippen molar-refractivity contribution in [2.45, 2.75) is 79.2 Å². The molecule has 0 spiro atoms. The summed E-state index contributed by atoms with van der Waals surface area (Å²) < 4.78 is 16.7. The lowest BCUT2D eigenvalue weighted by Crippen LogP contribution is -2.46. The fourth-order valence-corrected chi connectivity index (χ4v) is 2.45. The van der Waals surface area contributed by atoms with Crippen molar-refractivity contribution in [1.29, 1.82) is 0 Å². The molecule has 1 amide bonds. The first-order chi connectivity index (χ1) is 12.4. The van der Waals surface area contributed by atoms with E-state index in [0.29, 0.717) is 0 Å². The molecule has 1 rings (SSSR count). The Bertz CT molecular complexity index is 618. The van der Waals surface area contributed by atoms with Gasteiger partial charge in [0, 0.05) is 0 Å². The Morgan fingerprint density at radius 2 is 1.56 bits per heavy atom. The molecule has 0 bridgehead atoms. The van der Waals surface area contributed by atoms with E-state index in [1.807, 2.05) is 52.0 Å². The molecular weight excluding hydrogens is 346 g/mol. The molecule has 6 nitrogen and oxygen atoms in total. The predicted octanol–water partition coefficient (Wildman–Crippen LogP) is 4.24. The average Bonchev–Trinajstić information content (AvgIpc) is 2.52. The van der Waals surface area contributed by atoms with Crippen LogP contribution in [0.4, 0.5) is 4.79 Å². The van der Waals surface area contributed by atoms with Gasteiger partial charge in [-0.1, -0.05) is 31.5 Å². The zero-order chi connectivity index (χ0) is 20.8. The standard InChI is InChI=1S/C21H33NO5/c1-13(2)18(16(5)25-17-11-9-14(3)10-12-17)26-19(23)15(4)22-20(24)27-21(6,7)8/h9-13,15-16,18H,1-8H3,(H,22,24)/t15-,16-,18?/m0/s1. The molecule has 0 saturated carbocycles. The van der Waals surface area contributed by atoms with Gasteiger partial charge in [0.25, 0.3) is 0 Å². The van der Waals surface area contributed by atoms with Gasteiger partial charge in [0.1, 0.15) is 29.6 Å². The monoisotopic (exact) mass is 379 g/mol. The number of alkyl carbamates (subject to hydrolysis) is 1. The largest absolute Gasteiger partial charge is 0.487 e. The second-order valence-electron chi connectivity index (χ2n) is 8.15. The van der Waals surface area contributed by atoms with Gasteiger partial charge in [-0.3, -0.25) is 0 Å². The number of amides is 1. The molecule has 0 aliphatic rings. The van der Waals surface area contributed by atoms with Crippen molar-refractivity contribution in [1.82, 2.24) is 5.32 Å². The second-order valence-corrected chi connectivity index (χ2v) is 8.15. The molecule has 0 heterocycles. The van der Waals surface area contributed by atoms with Crippen LogP contribution in [-0.4, -0.2) is 35.9 Å². The number of aryl methyl sites for hydroxylation is 1. The van der Waals surface area contributed by atoms with Crippen LogP contribution in [-0.2, 0) is 14.3 Å². The Labute approximate surface area is 162 Å². The van der Waals surface area contributed by atoms with Gasteiger partial charge in [0.05, 0.1) is 0 Å². The van der Waals surface area contributed by atoms with Crippen LogP contribution < -0.4 is 10.1 Å². The van der Waals surface area contributed by atoms with Gasteiger partial charge in [-0.25, -0.2) is 9.59 Å². The molecule has 1 unspecified atom stereocenters. The van der Waals surface area contributed by atoms with Crippen molar-refractivity contribution < 1.29 is 23.8 Å². The van der Waals surface area contributed by atoms with Gasteiger partial charge >= 0.3 is 12.1 Å². The summed E-state index contributed by atoms with van der Waals surface area (Å²) >= 11 is 0. The van der Waals surface area contributed by atoms with Crippen LogP contribution in [0, 0.1) is 12.8 Å². The highest BCUT2D eigenvalue weighted by Gasteiger charge is 2.30. The van der Waals surface area contributed by atoms with E-state index in [0.717, 1.165) is 11.3 Å². The summed E-state index contributed by atoms with van der Waals surface area (Å²) in [7, 11) is 0. The molecule has 0 aliphatic heterocycles. The Morgan fingerprint density at radius 1 is 1.00 bits per heavy atom. The molecule has 0 fully saturated rings. The van der Waals surface area contributed by atoms with Gasteiger partial charge < -0.3 is 19.5 Å². The van der Waals surface area contributed by atoms with Crippen molar-refractivity contribution in [2.24, 2.45) is 5.92 Å². The van der Waals surface area contributed by atoms with Crippen LogP contribution in [0.2, 0.25) is 0 Å². The minimum Gasteiger partial charge on any atom is -0.487 e. The third-order valence-corrected chi connectivity index (χ3v) is 3.80. The van der Waals surface area contributed by atoms with Crippen LogP contribution in [0.3, 0.4) is 0 Å². The molecule has 1 aromatic rings. The summed E-state index contributed by atoms with van der Waals surface area (Å²) in [5.74, 6) is 0.233. The zero-order valence-electron chi connectivity index (χ0n) is 17.7. The molecule has 0 radical (unpaired) electrons. The van der Waals surface area contributed by atoms with Crippen LogP contribution in [0.5, 0.6) is 5.75 Å². The number of carbonyl (C=O) groups excluding carboxylic acids is 2. The van der Waals surface area contributed by atoms with Crippen molar-refractivity contribution in [2.75, 3.05) is 0 Å². The maximum absolute atomic E-state index is 12.4. The number of nitrogens with one attached hydrogen (secondary N) is 1. The third-order valence-electron chi connectivity index (χ3n) is 3.80. The molecule has 0 saturated heterocycles. The van der Waals surface area contributed by atoms with Crippen molar-refractivity contribution >= 4 is 12.1 Å². The number of benzene rings is 1. The fourth-order valence-electron chi connectivity index (χ4n) is 2.45. The maximum atomic E-state index is 12.4. The van der Waals surface area contributed by atoms with E-state index < -0.39 is 29.8 Å². The molecule has 0 aromatic heterocycles. The molecule has 1 N–H and O–H groups in total. The highest BCUT2D eigenvalue weighted by molar-refractivity contribution is 5.81. The topological polar surface area (TPSA) is 73.9 Å². The lowest BCUT2D eigenvalue weighted by molar-refractivity contribution is -0.158. The SMILES string of the molecule is Cc1ccc(O[C@@H](C)C(OC(=O)[C@H](C)NC(=O)OC(C)(C)C)C(C)C)cc1. The Balaban J connectivity index is 2.67. The van der Waals surface area contributed by atoms with Gasteiger partial charge in [0.2, 0.25) is 0 Å². The molecule has 152 valence electrons. The smallest absolute Gasteiger partial charge is 0.408 e. The quantitative estimate of drug-likeness (QED) is 0.717. The van der Waals surface area contributed by atoms with Crippen LogP contribution in [0.1, 0.15) is 54.0 Å². The summed E-state index contributed by atoms with van der Waals surface area (Å²) in [4.78, 5) is 24.2. The van der Waals surface area contributed by atoms with Gasteiger partial charge in [-0.05, 0) is 59.6 Å². The Hall–Kier alpha value is -2.24. The van der Waals surface area contributed by atoms with Gasteiger partial charge in [0.15, 0.2) is 0 Å². The lowest BCUT2D eigenvalue weighted by atomic mass is 10.0. The van der Waals surface area contributed by atoms with Gasteiger partial charge in [-0.15, -0.1) is 0 Å². The third kappa shape index (κ3) is 8.33. The number of hydrogen-bond donors (Lipinski definition) is 1. The highest BCUT2D eigenvalue weighted by atomic mass is 16.6. The second kappa shape index (κ2) is 9.62. The number of ether oxygens (including phenoxy) is 3. The molecule has 27 heavy (non-hydrogen) atoms. The summed E-state index contributed by atoms with van der Waals surface area (Å²) in [6.07, 6.45) is -1.45. The number of hydrogen-bond acceptors (Lipinski definition) is 5. The number of esters is 1. The van der Waals surface area contributed by atoms with E-state index in [-0.39, 0.29) is 12.0 Å². The first-order valence-electron chi connectivity index (χ1n) is 9.32. The van der Waals surface area contributed by atoms with E-state index in [2.05, 4.69) is 5.32 Å². The van der Waals surface area contributed by atoms with Crippen molar-refractivity contribution in [3.63, 3.8) is 0 Å². The predicted molar refractivity (Wildman–Crippen MR) is 105 cm³/mol. The molecular formula is C21H33NO5. The van der Waals surface area contributed by atoms with E-state index in [9.17, 15) is 9.59 Å². The zero-order valence-corrected chi connectivity index (χ0v) is 17.7. The van der Waals surface area contributed by atoms with E-state index in [1.165, 1.54) is 0 Å². The van der Waals surface area contributed by atoms with Crippen LogP contribution in [0.15, 0.2) is 24.3 Å². The Kier molecular flexibility index (Phi) is 8.13. The van der Waals surface area contributed by atoms with E-state index >= 15 is 0 Å². The minimum atomic E-state index is -0.826.